The Labute approximate surface area is 103 Å². The molecular weight excluding hydrogens is 238 g/mol. The van der Waals surface area contributed by atoms with Crippen LogP contribution in [0.4, 0.5) is 5.69 Å². The minimum Gasteiger partial charge on any atom is -0.497 e. The monoisotopic (exact) mass is 251 g/mol. The van der Waals surface area contributed by atoms with Gasteiger partial charge in [0.1, 0.15) is 5.75 Å². The Hall–Kier alpha value is -1.13. The van der Waals surface area contributed by atoms with Crippen LogP contribution in [0, 0.1) is 0 Å². The van der Waals surface area contributed by atoms with Crippen molar-refractivity contribution < 1.29 is 4.74 Å². The molecule has 0 saturated heterocycles. The van der Waals surface area contributed by atoms with Crippen molar-refractivity contribution in [1.82, 2.24) is 0 Å². The molecule has 0 aliphatic rings. The molecule has 0 aliphatic heterocycles. The SMILES string of the molecule is COc1cc(N)cc(CSc2cccs2)c1. The summed E-state index contributed by atoms with van der Waals surface area (Å²) in [5, 5.41) is 2.09. The maximum absolute atomic E-state index is 5.80. The van der Waals surface area contributed by atoms with Gasteiger partial charge in [-0.2, -0.15) is 0 Å². The van der Waals surface area contributed by atoms with Gasteiger partial charge in [0.05, 0.1) is 11.3 Å². The van der Waals surface area contributed by atoms with Gasteiger partial charge in [-0.25, -0.2) is 0 Å². The molecule has 16 heavy (non-hydrogen) atoms. The summed E-state index contributed by atoms with van der Waals surface area (Å²) >= 11 is 3.57. The zero-order valence-corrected chi connectivity index (χ0v) is 10.6. The molecule has 84 valence electrons. The topological polar surface area (TPSA) is 35.2 Å². The van der Waals surface area contributed by atoms with E-state index in [-0.39, 0.29) is 0 Å². The maximum Gasteiger partial charge on any atom is 0.121 e. The Morgan fingerprint density at radius 2 is 2.25 bits per heavy atom. The lowest BCUT2D eigenvalue weighted by Gasteiger charge is -2.05. The van der Waals surface area contributed by atoms with E-state index in [1.807, 2.05) is 30.0 Å². The second-order valence-electron chi connectivity index (χ2n) is 3.34. The Kier molecular flexibility index (Phi) is 3.74. The largest absolute Gasteiger partial charge is 0.497 e. The first kappa shape index (κ1) is 11.4. The quantitative estimate of drug-likeness (QED) is 0.665. The van der Waals surface area contributed by atoms with E-state index < -0.39 is 0 Å². The summed E-state index contributed by atoms with van der Waals surface area (Å²) in [6.07, 6.45) is 0. The summed E-state index contributed by atoms with van der Waals surface area (Å²) in [6, 6.07) is 10.0. The van der Waals surface area contributed by atoms with Crippen LogP contribution >= 0.6 is 23.1 Å². The fraction of sp³-hybridized carbons (Fsp3) is 0.167. The Balaban J connectivity index is 2.06. The van der Waals surface area contributed by atoms with E-state index in [0.29, 0.717) is 0 Å². The highest BCUT2D eigenvalue weighted by molar-refractivity contribution is 8.00. The molecule has 1 aromatic carbocycles. The molecular formula is C12H13NOS2. The van der Waals surface area contributed by atoms with Gasteiger partial charge in [-0.15, -0.1) is 23.1 Å². The highest BCUT2D eigenvalue weighted by Gasteiger charge is 2.01. The Morgan fingerprint density at radius 3 is 2.94 bits per heavy atom. The van der Waals surface area contributed by atoms with Crippen LogP contribution in [0.15, 0.2) is 39.9 Å². The molecule has 2 nitrogen and oxygen atoms in total. The van der Waals surface area contributed by atoms with Crippen molar-refractivity contribution >= 4 is 28.8 Å². The third-order valence-electron chi connectivity index (χ3n) is 2.10. The number of hydrogen-bond donors (Lipinski definition) is 1. The van der Waals surface area contributed by atoms with Crippen molar-refractivity contribution in [2.45, 2.75) is 9.96 Å². The molecule has 2 rings (SSSR count). The van der Waals surface area contributed by atoms with E-state index in [2.05, 4.69) is 17.5 Å². The molecule has 0 aliphatic carbocycles. The number of nitrogens with two attached hydrogens (primary N) is 1. The summed E-state index contributed by atoms with van der Waals surface area (Å²) in [5.41, 5.74) is 7.74. The van der Waals surface area contributed by atoms with Gasteiger partial charge in [0.25, 0.3) is 0 Å². The molecule has 2 aromatic rings. The second-order valence-corrected chi connectivity index (χ2v) is 5.56. The van der Waals surface area contributed by atoms with Crippen molar-refractivity contribution in [2.24, 2.45) is 0 Å². The van der Waals surface area contributed by atoms with Crippen molar-refractivity contribution in [3.05, 3.63) is 41.3 Å². The normalized spacial score (nSPS) is 10.3. The molecule has 4 heteroatoms. The van der Waals surface area contributed by atoms with Crippen LogP contribution in [0.3, 0.4) is 0 Å². The van der Waals surface area contributed by atoms with E-state index in [4.69, 9.17) is 10.5 Å². The number of hydrogen-bond acceptors (Lipinski definition) is 4. The first-order valence-electron chi connectivity index (χ1n) is 4.87. The van der Waals surface area contributed by atoms with Crippen LogP contribution in [0.5, 0.6) is 5.75 Å². The van der Waals surface area contributed by atoms with Gasteiger partial charge in [0.15, 0.2) is 0 Å². The summed E-state index contributed by atoms with van der Waals surface area (Å²) in [5.74, 6) is 1.74. The summed E-state index contributed by atoms with van der Waals surface area (Å²) in [6.45, 7) is 0. The average molecular weight is 251 g/mol. The lowest BCUT2D eigenvalue weighted by atomic mass is 10.2. The molecule has 2 N–H and O–H groups in total. The molecule has 1 aromatic heterocycles. The van der Waals surface area contributed by atoms with E-state index in [9.17, 15) is 0 Å². The van der Waals surface area contributed by atoms with Crippen LogP contribution in [0.2, 0.25) is 0 Å². The fourth-order valence-electron chi connectivity index (χ4n) is 1.39. The highest BCUT2D eigenvalue weighted by atomic mass is 32.2. The zero-order valence-electron chi connectivity index (χ0n) is 8.97. The van der Waals surface area contributed by atoms with Crippen molar-refractivity contribution in [3.63, 3.8) is 0 Å². The number of thiophene rings is 1. The van der Waals surface area contributed by atoms with Crippen LogP contribution in [0.25, 0.3) is 0 Å². The first-order chi connectivity index (χ1) is 7.78. The third kappa shape index (κ3) is 2.93. The summed E-state index contributed by atoms with van der Waals surface area (Å²) in [7, 11) is 1.66. The van der Waals surface area contributed by atoms with Gasteiger partial charge < -0.3 is 10.5 Å². The van der Waals surface area contributed by atoms with Gasteiger partial charge in [0, 0.05) is 17.5 Å². The van der Waals surface area contributed by atoms with Crippen LogP contribution in [0.1, 0.15) is 5.56 Å². The van der Waals surface area contributed by atoms with Gasteiger partial charge in [-0.3, -0.25) is 0 Å². The smallest absolute Gasteiger partial charge is 0.121 e. The molecule has 0 unspecified atom stereocenters. The van der Waals surface area contributed by atoms with E-state index in [1.54, 1.807) is 18.4 Å². The number of thioether (sulfide) groups is 1. The molecule has 0 atom stereocenters. The van der Waals surface area contributed by atoms with Crippen LogP contribution in [-0.4, -0.2) is 7.11 Å². The third-order valence-corrected chi connectivity index (χ3v) is 4.30. The lowest BCUT2D eigenvalue weighted by Crippen LogP contribution is -1.91. The van der Waals surface area contributed by atoms with Crippen LogP contribution < -0.4 is 10.5 Å². The summed E-state index contributed by atoms with van der Waals surface area (Å²) < 4.78 is 6.51. The molecule has 0 spiro atoms. The minimum atomic E-state index is 0.751. The molecule has 0 saturated carbocycles. The predicted octanol–water partition coefficient (Wildman–Crippen LogP) is 3.63. The first-order valence-corrected chi connectivity index (χ1v) is 6.74. The number of benzene rings is 1. The van der Waals surface area contributed by atoms with Crippen molar-refractivity contribution in [2.75, 3.05) is 12.8 Å². The van der Waals surface area contributed by atoms with Gasteiger partial charge in [-0.05, 0) is 29.1 Å². The molecule has 0 amide bonds. The molecule has 0 bridgehead atoms. The van der Waals surface area contributed by atoms with E-state index in [1.165, 1.54) is 9.77 Å². The highest BCUT2D eigenvalue weighted by Crippen LogP contribution is 2.29. The van der Waals surface area contributed by atoms with Gasteiger partial charge in [-0.1, -0.05) is 6.07 Å². The number of rotatable bonds is 4. The van der Waals surface area contributed by atoms with Crippen molar-refractivity contribution in [1.29, 1.82) is 0 Å². The van der Waals surface area contributed by atoms with Gasteiger partial charge >= 0.3 is 0 Å². The molecule has 0 fully saturated rings. The van der Waals surface area contributed by atoms with Crippen LogP contribution in [-0.2, 0) is 5.75 Å². The predicted molar refractivity (Wildman–Crippen MR) is 71.3 cm³/mol. The van der Waals surface area contributed by atoms with E-state index in [0.717, 1.165) is 17.2 Å². The number of anilines is 1. The average Bonchev–Trinajstić information content (AvgIpc) is 2.78. The molecule has 1 heterocycles. The zero-order chi connectivity index (χ0) is 11.4. The number of ether oxygens (including phenoxy) is 1. The van der Waals surface area contributed by atoms with E-state index >= 15 is 0 Å². The standard InChI is InChI=1S/C12H13NOS2/c1-14-11-6-9(5-10(13)7-11)8-16-12-3-2-4-15-12/h2-7H,8,13H2,1H3. The molecule has 0 radical (unpaired) electrons. The Bertz CT molecular complexity index is 454. The fourth-order valence-corrected chi connectivity index (χ4v) is 3.10. The Morgan fingerprint density at radius 1 is 1.38 bits per heavy atom. The minimum absolute atomic E-state index is 0.751. The van der Waals surface area contributed by atoms with Crippen molar-refractivity contribution in [3.8, 4) is 5.75 Å². The lowest BCUT2D eigenvalue weighted by molar-refractivity contribution is 0.414. The second kappa shape index (κ2) is 5.27. The summed E-state index contributed by atoms with van der Waals surface area (Å²) in [4.78, 5) is 0. The number of methoxy groups -OCH3 is 1. The maximum atomic E-state index is 5.80. The van der Waals surface area contributed by atoms with Gasteiger partial charge in [0.2, 0.25) is 0 Å². The number of nitrogen functional groups attached to an aromatic ring is 1.